The van der Waals surface area contributed by atoms with Crippen LogP contribution in [0.2, 0.25) is 0 Å². The average Bonchev–Trinajstić information content (AvgIpc) is 2.52. The molecule has 0 saturated carbocycles. The second-order valence-corrected chi connectivity index (χ2v) is 4.62. The highest BCUT2D eigenvalue weighted by Gasteiger charge is 2.06. The fourth-order valence-corrected chi connectivity index (χ4v) is 2.05. The van der Waals surface area contributed by atoms with Gasteiger partial charge in [0.2, 0.25) is 0 Å². The maximum absolute atomic E-state index is 11.2. The van der Waals surface area contributed by atoms with Gasteiger partial charge in [-0.2, -0.15) is 0 Å². The molecule has 0 bridgehead atoms. The number of hydrogen-bond acceptors (Lipinski definition) is 5. The molecule has 0 aliphatic rings. The second kappa shape index (κ2) is 6.22. The van der Waals surface area contributed by atoms with Crippen LogP contribution in [-0.2, 0) is 0 Å². The zero-order valence-electron chi connectivity index (χ0n) is 11.7. The van der Waals surface area contributed by atoms with E-state index in [0.29, 0.717) is 24.3 Å². The molecule has 0 fully saturated rings. The summed E-state index contributed by atoms with van der Waals surface area (Å²) in [6.07, 6.45) is 0. The molecule has 3 aromatic rings. The van der Waals surface area contributed by atoms with Crippen LogP contribution in [0.25, 0.3) is 11.0 Å². The van der Waals surface area contributed by atoms with Crippen LogP contribution in [0.5, 0.6) is 17.2 Å². The van der Waals surface area contributed by atoms with Crippen LogP contribution in [0, 0.1) is 0 Å². The quantitative estimate of drug-likeness (QED) is 0.579. The van der Waals surface area contributed by atoms with Crippen LogP contribution < -0.4 is 15.1 Å². The standard InChI is InChI=1S/C17H14O5/c18-15-11-17(19)22-16-10-13(6-7-14(15)16)21-9-8-20-12-4-2-1-3-5-12/h1-7,10-11,18H,8-9H2. The lowest BCUT2D eigenvalue weighted by Gasteiger charge is -2.09. The highest BCUT2D eigenvalue weighted by molar-refractivity contribution is 5.83. The van der Waals surface area contributed by atoms with Crippen LogP contribution in [0.1, 0.15) is 0 Å². The van der Waals surface area contributed by atoms with E-state index in [-0.39, 0.29) is 11.3 Å². The molecule has 2 aromatic carbocycles. The molecule has 0 aliphatic carbocycles. The number of benzene rings is 2. The molecule has 1 aromatic heterocycles. The van der Waals surface area contributed by atoms with Crippen molar-refractivity contribution in [1.82, 2.24) is 0 Å². The summed E-state index contributed by atoms with van der Waals surface area (Å²) in [7, 11) is 0. The van der Waals surface area contributed by atoms with Crippen LogP contribution >= 0.6 is 0 Å². The van der Waals surface area contributed by atoms with Crippen molar-refractivity contribution in [2.75, 3.05) is 13.2 Å². The molecule has 1 N–H and O–H groups in total. The minimum Gasteiger partial charge on any atom is -0.507 e. The molecule has 0 spiro atoms. The predicted octanol–water partition coefficient (Wildman–Crippen LogP) is 2.96. The summed E-state index contributed by atoms with van der Waals surface area (Å²) in [5.74, 6) is 1.21. The first kappa shape index (κ1) is 14.0. The van der Waals surface area contributed by atoms with Crippen molar-refractivity contribution < 1.29 is 19.0 Å². The Morgan fingerprint density at radius 1 is 0.909 bits per heavy atom. The van der Waals surface area contributed by atoms with E-state index in [1.807, 2.05) is 30.3 Å². The van der Waals surface area contributed by atoms with Crippen molar-refractivity contribution in [2.24, 2.45) is 0 Å². The molecular weight excluding hydrogens is 284 g/mol. The fraction of sp³-hybridized carbons (Fsp3) is 0.118. The summed E-state index contributed by atoms with van der Waals surface area (Å²) in [4.78, 5) is 11.2. The van der Waals surface area contributed by atoms with Crippen molar-refractivity contribution >= 4 is 11.0 Å². The van der Waals surface area contributed by atoms with Gasteiger partial charge in [0.05, 0.1) is 11.5 Å². The van der Waals surface area contributed by atoms with Gasteiger partial charge in [-0.25, -0.2) is 4.79 Å². The van der Waals surface area contributed by atoms with Crippen molar-refractivity contribution in [3.05, 3.63) is 65.0 Å². The summed E-state index contributed by atoms with van der Waals surface area (Å²) < 4.78 is 16.1. The lowest BCUT2D eigenvalue weighted by Crippen LogP contribution is -2.08. The van der Waals surface area contributed by atoms with E-state index in [1.54, 1.807) is 18.2 Å². The Labute approximate surface area is 126 Å². The third-order valence-corrected chi connectivity index (χ3v) is 3.06. The van der Waals surface area contributed by atoms with Gasteiger partial charge in [0.15, 0.2) is 0 Å². The molecule has 0 aliphatic heterocycles. The first-order valence-electron chi connectivity index (χ1n) is 6.80. The van der Waals surface area contributed by atoms with E-state index < -0.39 is 5.63 Å². The maximum Gasteiger partial charge on any atom is 0.339 e. The van der Waals surface area contributed by atoms with E-state index in [4.69, 9.17) is 13.9 Å². The summed E-state index contributed by atoms with van der Waals surface area (Å²) in [5.41, 5.74) is -0.318. The first-order chi connectivity index (χ1) is 10.7. The molecule has 112 valence electrons. The second-order valence-electron chi connectivity index (χ2n) is 4.62. The van der Waals surface area contributed by atoms with Gasteiger partial charge in [-0.1, -0.05) is 18.2 Å². The lowest BCUT2D eigenvalue weighted by atomic mass is 10.2. The van der Waals surface area contributed by atoms with Gasteiger partial charge in [-0.15, -0.1) is 0 Å². The summed E-state index contributed by atoms with van der Waals surface area (Å²) in [5, 5.41) is 10.1. The fourth-order valence-electron chi connectivity index (χ4n) is 2.05. The molecule has 0 unspecified atom stereocenters. The molecule has 22 heavy (non-hydrogen) atoms. The highest BCUT2D eigenvalue weighted by Crippen LogP contribution is 2.26. The molecule has 5 nitrogen and oxygen atoms in total. The van der Waals surface area contributed by atoms with Crippen LogP contribution in [-0.4, -0.2) is 18.3 Å². The van der Waals surface area contributed by atoms with Crippen LogP contribution in [0.15, 0.2) is 63.8 Å². The Kier molecular flexibility index (Phi) is 3.96. The molecule has 0 atom stereocenters. The third-order valence-electron chi connectivity index (χ3n) is 3.06. The normalized spacial score (nSPS) is 10.5. The smallest absolute Gasteiger partial charge is 0.339 e. The zero-order chi connectivity index (χ0) is 15.4. The van der Waals surface area contributed by atoms with Gasteiger partial charge in [0, 0.05) is 6.07 Å². The van der Waals surface area contributed by atoms with Crippen molar-refractivity contribution in [3.63, 3.8) is 0 Å². The Morgan fingerprint density at radius 3 is 2.41 bits per heavy atom. The Bertz CT molecular complexity index is 823. The van der Waals surface area contributed by atoms with Crippen molar-refractivity contribution in [3.8, 4) is 17.2 Å². The topological polar surface area (TPSA) is 68.9 Å². The lowest BCUT2D eigenvalue weighted by molar-refractivity contribution is 0.217. The molecule has 0 radical (unpaired) electrons. The number of hydrogen-bond donors (Lipinski definition) is 1. The largest absolute Gasteiger partial charge is 0.507 e. The zero-order valence-corrected chi connectivity index (χ0v) is 11.7. The molecule has 1 heterocycles. The van der Waals surface area contributed by atoms with Crippen LogP contribution in [0.3, 0.4) is 0 Å². The van der Waals surface area contributed by atoms with Crippen molar-refractivity contribution in [2.45, 2.75) is 0 Å². The van der Waals surface area contributed by atoms with Gasteiger partial charge < -0.3 is 19.0 Å². The summed E-state index contributed by atoms with van der Waals surface area (Å²) in [6.45, 7) is 0.746. The molecular formula is C17H14O5. The van der Waals surface area contributed by atoms with E-state index in [9.17, 15) is 9.90 Å². The van der Waals surface area contributed by atoms with Gasteiger partial charge in [-0.05, 0) is 24.3 Å². The highest BCUT2D eigenvalue weighted by atomic mass is 16.5. The van der Waals surface area contributed by atoms with Gasteiger partial charge in [0.25, 0.3) is 0 Å². The number of para-hydroxylation sites is 1. The minimum atomic E-state index is -0.602. The van der Waals surface area contributed by atoms with E-state index in [0.717, 1.165) is 11.8 Å². The number of ether oxygens (including phenoxy) is 2. The number of fused-ring (bicyclic) bond motifs is 1. The minimum absolute atomic E-state index is 0.106. The summed E-state index contributed by atoms with van der Waals surface area (Å²) in [6, 6.07) is 15.4. The first-order valence-corrected chi connectivity index (χ1v) is 6.80. The predicted molar refractivity (Wildman–Crippen MR) is 81.6 cm³/mol. The molecule has 5 heteroatoms. The van der Waals surface area contributed by atoms with E-state index in [1.165, 1.54) is 0 Å². The van der Waals surface area contributed by atoms with E-state index >= 15 is 0 Å². The monoisotopic (exact) mass is 298 g/mol. The third kappa shape index (κ3) is 3.20. The molecule has 0 amide bonds. The SMILES string of the molecule is O=c1cc(O)c2ccc(OCCOc3ccccc3)cc2o1. The molecule has 0 saturated heterocycles. The Hall–Kier alpha value is -2.95. The maximum atomic E-state index is 11.2. The van der Waals surface area contributed by atoms with Crippen molar-refractivity contribution in [1.29, 1.82) is 0 Å². The number of rotatable bonds is 5. The molecule has 3 rings (SSSR count). The van der Waals surface area contributed by atoms with Gasteiger partial charge in [0.1, 0.15) is 36.0 Å². The van der Waals surface area contributed by atoms with Gasteiger partial charge >= 0.3 is 5.63 Å². The Morgan fingerprint density at radius 2 is 1.64 bits per heavy atom. The van der Waals surface area contributed by atoms with Gasteiger partial charge in [-0.3, -0.25) is 0 Å². The van der Waals surface area contributed by atoms with E-state index in [2.05, 4.69) is 0 Å². The number of aromatic hydroxyl groups is 1. The van der Waals surface area contributed by atoms with Crippen LogP contribution in [0.4, 0.5) is 0 Å². The average molecular weight is 298 g/mol. The summed E-state index contributed by atoms with van der Waals surface area (Å²) >= 11 is 0. The Balaban J connectivity index is 1.63.